The number of aromatic nitrogens is 4. The first-order valence-corrected chi connectivity index (χ1v) is 6.74. The van der Waals surface area contributed by atoms with Crippen LogP contribution in [0.5, 0.6) is 0 Å². The summed E-state index contributed by atoms with van der Waals surface area (Å²) < 4.78 is 0. The van der Waals surface area contributed by atoms with Crippen molar-refractivity contribution in [2.45, 2.75) is 25.8 Å². The number of nitrogens with zero attached hydrogens (tertiary/aromatic N) is 4. The minimum Gasteiger partial charge on any atom is -0.380 e. The van der Waals surface area contributed by atoms with E-state index in [1.807, 2.05) is 12.1 Å². The summed E-state index contributed by atoms with van der Waals surface area (Å²) in [4.78, 5) is 0. The van der Waals surface area contributed by atoms with Crippen molar-refractivity contribution < 1.29 is 0 Å². The van der Waals surface area contributed by atoms with Gasteiger partial charge in [-0.25, -0.2) is 0 Å². The second-order valence-corrected chi connectivity index (χ2v) is 4.97. The Morgan fingerprint density at radius 3 is 3.00 bits per heavy atom. The molecule has 1 aromatic heterocycles. The smallest absolute Gasteiger partial charge is 0.216 e. The molecule has 0 spiro atoms. The molecule has 0 aliphatic heterocycles. The Labute approximate surface area is 122 Å². The van der Waals surface area contributed by atoms with Crippen LogP contribution in [0, 0.1) is 18.3 Å². The van der Waals surface area contributed by atoms with Gasteiger partial charge in [-0.2, -0.15) is 10.5 Å². The molecule has 0 amide bonds. The molecular formula is C14H15N7. The van der Waals surface area contributed by atoms with Gasteiger partial charge in [0.25, 0.3) is 0 Å². The van der Waals surface area contributed by atoms with Crippen LogP contribution < -0.4 is 10.6 Å². The molecule has 1 aromatic carbocycles. The van der Waals surface area contributed by atoms with Crippen molar-refractivity contribution in [1.29, 1.82) is 5.26 Å². The highest BCUT2D eigenvalue weighted by Gasteiger charge is 2.22. The van der Waals surface area contributed by atoms with Crippen LogP contribution in [-0.4, -0.2) is 26.7 Å². The van der Waals surface area contributed by atoms with Crippen LogP contribution in [0.1, 0.15) is 24.2 Å². The molecule has 1 aliphatic carbocycles. The number of anilines is 2. The molecule has 7 heteroatoms. The fraction of sp³-hybridized carbons (Fsp3) is 0.286. The zero-order chi connectivity index (χ0) is 14.7. The zero-order valence-corrected chi connectivity index (χ0v) is 11.6. The second-order valence-electron chi connectivity index (χ2n) is 4.97. The number of nitrogens with one attached hydrogen (secondary N) is 3. The number of H-pyrrole nitrogens is 1. The number of hydrogen-bond donors (Lipinski definition) is 3. The van der Waals surface area contributed by atoms with Crippen molar-refractivity contribution in [2.75, 3.05) is 10.6 Å². The van der Waals surface area contributed by atoms with Gasteiger partial charge in [-0.05, 0) is 36.6 Å². The van der Waals surface area contributed by atoms with Gasteiger partial charge in [-0.15, -0.1) is 10.2 Å². The van der Waals surface area contributed by atoms with E-state index in [1.54, 1.807) is 6.20 Å². The second kappa shape index (κ2) is 5.63. The number of para-hydroxylation sites is 1. The van der Waals surface area contributed by atoms with Crippen LogP contribution in [-0.2, 0) is 0 Å². The largest absolute Gasteiger partial charge is 0.380 e. The van der Waals surface area contributed by atoms with Gasteiger partial charge in [0.15, 0.2) is 0 Å². The van der Waals surface area contributed by atoms with Gasteiger partial charge in [-0.1, -0.05) is 12.1 Å². The maximum atomic E-state index is 9.16. The minimum atomic E-state index is 0.273. The Kier molecular flexibility index (Phi) is 3.51. The van der Waals surface area contributed by atoms with E-state index in [2.05, 4.69) is 50.3 Å². The average molecular weight is 281 g/mol. The van der Waals surface area contributed by atoms with E-state index in [0.29, 0.717) is 11.6 Å². The van der Waals surface area contributed by atoms with E-state index >= 15 is 0 Å². The van der Waals surface area contributed by atoms with Crippen molar-refractivity contribution in [3.05, 3.63) is 35.8 Å². The third-order valence-corrected chi connectivity index (χ3v) is 3.28. The molecule has 106 valence electrons. The molecule has 1 aliphatic rings. The Morgan fingerprint density at radius 2 is 2.33 bits per heavy atom. The molecule has 3 rings (SSSR count). The summed E-state index contributed by atoms with van der Waals surface area (Å²) >= 11 is 0. The predicted molar refractivity (Wildman–Crippen MR) is 79.2 cm³/mol. The molecule has 2 aromatic rings. The maximum Gasteiger partial charge on any atom is 0.216 e. The standard InChI is InChI=1S/C14H15N7/c1-9-3-2-4-12(13(9)17-11-5-6-11)16-8-10(7-15)14-18-20-21-19-14/h2-4,8,11,16-17H,5-6H2,1H3,(H,18,19,20,21). The lowest BCUT2D eigenvalue weighted by molar-refractivity contribution is 0.881. The van der Waals surface area contributed by atoms with Gasteiger partial charge >= 0.3 is 0 Å². The van der Waals surface area contributed by atoms with Gasteiger partial charge < -0.3 is 10.6 Å². The highest BCUT2D eigenvalue weighted by Crippen LogP contribution is 2.32. The average Bonchev–Trinajstić information content (AvgIpc) is 3.14. The lowest BCUT2D eigenvalue weighted by Gasteiger charge is -2.14. The van der Waals surface area contributed by atoms with Crippen molar-refractivity contribution in [3.63, 3.8) is 0 Å². The Morgan fingerprint density at radius 1 is 1.48 bits per heavy atom. The number of aromatic amines is 1. The van der Waals surface area contributed by atoms with Crippen molar-refractivity contribution in [2.24, 2.45) is 0 Å². The number of rotatable bonds is 5. The monoisotopic (exact) mass is 281 g/mol. The topological polar surface area (TPSA) is 102 Å². The van der Waals surface area contributed by atoms with Crippen LogP contribution in [0.25, 0.3) is 5.57 Å². The molecule has 1 heterocycles. The summed E-state index contributed by atoms with van der Waals surface area (Å²) in [7, 11) is 0. The minimum absolute atomic E-state index is 0.273. The van der Waals surface area contributed by atoms with Gasteiger partial charge in [-0.3, -0.25) is 0 Å². The Balaban J connectivity index is 1.84. The molecule has 0 unspecified atom stereocenters. The van der Waals surface area contributed by atoms with E-state index in [0.717, 1.165) is 11.4 Å². The predicted octanol–water partition coefficient (Wildman–Crippen LogP) is 2.06. The number of aryl methyl sites for hydroxylation is 1. The Bertz CT molecular complexity index is 693. The van der Waals surface area contributed by atoms with Gasteiger partial charge in [0.1, 0.15) is 11.6 Å². The fourth-order valence-corrected chi connectivity index (χ4v) is 1.98. The highest BCUT2D eigenvalue weighted by molar-refractivity contribution is 5.78. The first kappa shape index (κ1) is 13.1. The van der Waals surface area contributed by atoms with Gasteiger partial charge in [0.2, 0.25) is 5.82 Å². The molecule has 1 fully saturated rings. The third-order valence-electron chi connectivity index (χ3n) is 3.28. The lowest BCUT2D eigenvalue weighted by Crippen LogP contribution is -2.06. The van der Waals surface area contributed by atoms with Gasteiger partial charge in [0.05, 0.1) is 11.4 Å². The summed E-state index contributed by atoms with van der Waals surface area (Å²) in [6.45, 7) is 2.06. The van der Waals surface area contributed by atoms with E-state index in [4.69, 9.17) is 5.26 Å². The van der Waals surface area contributed by atoms with Crippen LogP contribution >= 0.6 is 0 Å². The van der Waals surface area contributed by atoms with Crippen LogP contribution in [0.15, 0.2) is 24.4 Å². The number of allylic oxidation sites excluding steroid dienone is 1. The van der Waals surface area contributed by atoms with Crippen molar-refractivity contribution in [3.8, 4) is 6.07 Å². The van der Waals surface area contributed by atoms with Gasteiger partial charge in [0, 0.05) is 12.2 Å². The lowest BCUT2D eigenvalue weighted by atomic mass is 10.1. The van der Waals surface area contributed by atoms with E-state index in [1.165, 1.54) is 18.4 Å². The maximum absolute atomic E-state index is 9.16. The van der Waals surface area contributed by atoms with Crippen LogP contribution in [0.4, 0.5) is 11.4 Å². The summed E-state index contributed by atoms with van der Waals surface area (Å²) in [5.74, 6) is 0.273. The summed E-state index contributed by atoms with van der Waals surface area (Å²) in [6.07, 6.45) is 4.00. The normalized spacial score (nSPS) is 14.6. The number of nitriles is 1. The quantitative estimate of drug-likeness (QED) is 0.725. The summed E-state index contributed by atoms with van der Waals surface area (Å²) in [5, 5.41) is 29.2. The molecule has 7 nitrogen and oxygen atoms in total. The van der Waals surface area contributed by atoms with Crippen LogP contribution in [0.3, 0.4) is 0 Å². The third kappa shape index (κ3) is 3.00. The number of benzene rings is 1. The summed E-state index contributed by atoms with van der Waals surface area (Å²) in [5.41, 5.74) is 3.49. The molecule has 21 heavy (non-hydrogen) atoms. The molecular weight excluding hydrogens is 266 g/mol. The first-order chi connectivity index (χ1) is 10.3. The summed E-state index contributed by atoms with van der Waals surface area (Å²) in [6, 6.07) is 8.62. The molecule has 3 N–H and O–H groups in total. The molecule has 0 radical (unpaired) electrons. The van der Waals surface area contributed by atoms with Crippen molar-refractivity contribution >= 4 is 16.9 Å². The Hall–Kier alpha value is -2.88. The first-order valence-electron chi connectivity index (χ1n) is 6.74. The molecule has 0 saturated heterocycles. The SMILES string of the molecule is Cc1cccc(NC=C(C#N)c2nn[nH]n2)c1NC1CC1. The molecule has 1 saturated carbocycles. The van der Waals surface area contributed by atoms with Crippen molar-refractivity contribution in [1.82, 2.24) is 20.6 Å². The van der Waals surface area contributed by atoms with E-state index < -0.39 is 0 Å². The molecule has 0 bridgehead atoms. The number of tetrazole rings is 1. The number of hydrogen-bond acceptors (Lipinski definition) is 6. The van der Waals surface area contributed by atoms with Crippen LogP contribution in [0.2, 0.25) is 0 Å². The molecule has 0 atom stereocenters. The fourth-order valence-electron chi connectivity index (χ4n) is 1.98. The zero-order valence-electron chi connectivity index (χ0n) is 11.6. The van der Waals surface area contributed by atoms with E-state index in [9.17, 15) is 0 Å². The highest BCUT2D eigenvalue weighted by atomic mass is 15.5. The van der Waals surface area contributed by atoms with E-state index in [-0.39, 0.29) is 5.82 Å².